The number of phosphoric ester groups is 1. The van der Waals surface area contributed by atoms with Crippen LogP contribution < -0.4 is 5.73 Å². The molecule has 0 aromatic rings. The van der Waals surface area contributed by atoms with Crippen molar-refractivity contribution in [3.8, 4) is 0 Å². The molecule has 0 saturated heterocycles. The summed E-state index contributed by atoms with van der Waals surface area (Å²) in [5.74, 6) is -0.841. The van der Waals surface area contributed by atoms with E-state index in [1.165, 1.54) is 96.3 Å². The van der Waals surface area contributed by atoms with Crippen molar-refractivity contribution in [3.05, 3.63) is 85.1 Å². The lowest BCUT2D eigenvalue weighted by Crippen LogP contribution is -2.29. The molecule has 0 spiro atoms. The first-order valence-corrected chi connectivity index (χ1v) is 28.1. The zero-order valence-corrected chi connectivity index (χ0v) is 43.0. The minimum Gasteiger partial charge on any atom is -0.462 e. The lowest BCUT2D eigenvalue weighted by Gasteiger charge is -2.19. The van der Waals surface area contributed by atoms with E-state index in [2.05, 4.69) is 98.9 Å². The summed E-state index contributed by atoms with van der Waals surface area (Å²) in [6.07, 6.45) is 66.2. The topological polar surface area (TPSA) is 134 Å². The molecule has 0 aliphatic heterocycles. The Labute approximate surface area is 404 Å². The van der Waals surface area contributed by atoms with Crippen molar-refractivity contribution in [2.45, 2.75) is 232 Å². The third-order valence-electron chi connectivity index (χ3n) is 11.0. The van der Waals surface area contributed by atoms with Gasteiger partial charge in [0.15, 0.2) is 6.10 Å². The summed E-state index contributed by atoms with van der Waals surface area (Å²) in [4.78, 5) is 35.1. The van der Waals surface area contributed by atoms with Crippen molar-refractivity contribution in [3.63, 3.8) is 0 Å². The predicted molar refractivity (Wildman–Crippen MR) is 279 cm³/mol. The molecule has 0 rings (SSSR count). The van der Waals surface area contributed by atoms with Crippen molar-refractivity contribution >= 4 is 19.8 Å². The normalized spacial score (nSPS) is 13.8. The summed E-state index contributed by atoms with van der Waals surface area (Å²) >= 11 is 0. The molecule has 0 heterocycles. The molecule has 10 heteroatoms. The van der Waals surface area contributed by atoms with Gasteiger partial charge < -0.3 is 20.1 Å². The van der Waals surface area contributed by atoms with E-state index in [4.69, 9.17) is 24.3 Å². The van der Waals surface area contributed by atoms with Gasteiger partial charge in [-0.15, -0.1) is 0 Å². The van der Waals surface area contributed by atoms with E-state index in [1.54, 1.807) is 0 Å². The summed E-state index contributed by atoms with van der Waals surface area (Å²) in [5.41, 5.74) is 5.37. The van der Waals surface area contributed by atoms with Gasteiger partial charge in [0, 0.05) is 19.4 Å². The summed E-state index contributed by atoms with van der Waals surface area (Å²) in [6.45, 7) is 3.60. The van der Waals surface area contributed by atoms with E-state index >= 15 is 0 Å². The molecule has 380 valence electrons. The molecule has 0 bridgehead atoms. The quantitative estimate of drug-likeness (QED) is 0.0265. The highest BCUT2D eigenvalue weighted by Gasteiger charge is 2.26. The molecule has 0 amide bonds. The third-order valence-corrected chi connectivity index (χ3v) is 12.0. The second-order valence-electron chi connectivity index (χ2n) is 17.4. The van der Waals surface area contributed by atoms with Crippen LogP contribution in [0.4, 0.5) is 0 Å². The Morgan fingerprint density at radius 2 is 0.833 bits per heavy atom. The number of hydrogen-bond donors (Lipinski definition) is 2. The van der Waals surface area contributed by atoms with E-state index < -0.39 is 32.5 Å². The fraction of sp³-hybridized carbons (Fsp3) is 0.714. The second kappa shape index (κ2) is 51.6. The molecule has 0 saturated carbocycles. The van der Waals surface area contributed by atoms with Gasteiger partial charge in [-0.2, -0.15) is 0 Å². The fourth-order valence-corrected chi connectivity index (χ4v) is 7.87. The minimum atomic E-state index is -4.39. The number of nitrogens with two attached hydrogens (primary N) is 1. The van der Waals surface area contributed by atoms with Gasteiger partial charge in [-0.1, -0.05) is 208 Å². The Hall–Kier alpha value is -2.81. The van der Waals surface area contributed by atoms with Crippen LogP contribution in [0.3, 0.4) is 0 Å². The van der Waals surface area contributed by atoms with E-state index in [9.17, 15) is 19.0 Å². The van der Waals surface area contributed by atoms with Crippen LogP contribution in [0.15, 0.2) is 85.1 Å². The zero-order valence-electron chi connectivity index (χ0n) is 42.2. The summed E-state index contributed by atoms with van der Waals surface area (Å²) in [5, 5.41) is 0. The first-order chi connectivity index (χ1) is 32.3. The van der Waals surface area contributed by atoms with Crippen LogP contribution in [0.1, 0.15) is 226 Å². The number of carbonyl (C=O) groups is 2. The maximum Gasteiger partial charge on any atom is 0.472 e. The van der Waals surface area contributed by atoms with E-state index in [0.29, 0.717) is 6.42 Å². The average molecular weight is 944 g/mol. The molecular formula is C56H98NO8P. The molecule has 0 aliphatic rings. The number of ether oxygens (including phenoxy) is 2. The lowest BCUT2D eigenvalue weighted by molar-refractivity contribution is -0.161. The maximum atomic E-state index is 12.7. The molecule has 3 N–H and O–H groups in total. The van der Waals surface area contributed by atoms with Gasteiger partial charge in [0.2, 0.25) is 0 Å². The van der Waals surface area contributed by atoms with E-state index in [0.717, 1.165) is 96.3 Å². The van der Waals surface area contributed by atoms with Crippen LogP contribution in [0.5, 0.6) is 0 Å². The SMILES string of the molecule is CC/C=C\C/C=C\C/C=C\C/C=C\C/C=C\CCCCCCCCCCCCCC(=O)OC(COC(=O)CCCCCCCCC/C=C\C/C=C\CCCCCC)COP(=O)(O)OCCN. The Morgan fingerprint density at radius 1 is 0.470 bits per heavy atom. The molecule has 0 radical (unpaired) electrons. The molecule has 2 atom stereocenters. The highest BCUT2D eigenvalue weighted by Crippen LogP contribution is 2.43. The van der Waals surface area contributed by atoms with Crippen molar-refractivity contribution in [2.24, 2.45) is 5.73 Å². The van der Waals surface area contributed by atoms with Crippen molar-refractivity contribution < 1.29 is 37.6 Å². The van der Waals surface area contributed by atoms with Gasteiger partial charge in [0.25, 0.3) is 0 Å². The monoisotopic (exact) mass is 944 g/mol. The van der Waals surface area contributed by atoms with Gasteiger partial charge in [0.05, 0.1) is 13.2 Å². The molecule has 0 fully saturated rings. The minimum absolute atomic E-state index is 0.0482. The number of rotatable bonds is 49. The van der Waals surface area contributed by atoms with Gasteiger partial charge in [0.1, 0.15) is 6.61 Å². The molecule has 0 aromatic heterocycles. The van der Waals surface area contributed by atoms with E-state index in [1.807, 2.05) is 0 Å². The van der Waals surface area contributed by atoms with Gasteiger partial charge >= 0.3 is 19.8 Å². The predicted octanol–water partition coefficient (Wildman–Crippen LogP) is 16.3. The van der Waals surface area contributed by atoms with Crippen molar-refractivity contribution in [1.29, 1.82) is 0 Å². The van der Waals surface area contributed by atoms with E-state index in [-0.39, 0.29) is 32.6 Å². The fourth-order valence-electron chi connectivity index (χ4n) is 7.10. The van der Waals surface area contributed by atoms with Crippen LogP contribution in [-0.2, 0) is 32.7 Å². The number of hydrogen-bond acceptors (Lipinski definition) is 8. The Balaban J connectivity index is 4.04. The number of allylic oxidation sites excluding steroid dienone is 14. The molecule has 9 nitrogen and oxygen atoms in total. The second-order valence-corrected chi connectivity index (χ2v) is 18.8. The summed E-state index contributed by atoms with van der Waals surface area (Å²) in [7, 11) is -4.39. The van der Waals surface area contributed by atoms with Crippen LogP contribution in [-0.4, -0.2) is 49.3 Å². The number of carbonyl (C=O) groups excluding carboxylic acids is 2. The summed E-state index contributed by atoms with van der Waals surface area (Å²) in [6, 6.07) is 0. The smallest absolute Gasteiger partial charge is 0.462 e. The largest absolute Gasteiger partial charge is 0.472 e. The molecule has 0 aliphatic carbocycles. The Morgan fingerprint density at radius 3 is 1.24 bits per heavy atom. The zero-order chi connectivity index (χ0) is 48.1. The van der Waals surface area contributed by atoms with Crippen LogP contribution in [0.2, 0.25) is 0 Å². The molecular weight excluding hydrogens is 846 g/mol. The van der Waals surface area contributed by atoms with Gasteiger partial charge in [-0.05, 0) is 89.9 Å². The average Bonchev–Trinajstić information content (AvgIpc) is 3.31. The first-order valence-electron chi connectivity index (χ1n) is 26.6. The van der Waals surface area contributed by atoms with Crippen molar-refractivity contribution in [2.75, 3.05) is 26.4 Å². The number of unbranched alkanes of at least 4 members (excludes halogenated alkanes) is 22. The maximum absolute atomic E-state index is 12.7. The number of phosphoric acid groups is 1. The Kier molecular flexibility index (Phi) is 49.4. The molecule has 2 unspecified atom stereocenters. The number of esters is 2. The van der Waals surface area contributed by atoms with Crippen LogP contribution >= 0.6 is 7.82 Å². The lowest BCUT2D eigenvalue weighted by atomic mass is 10.0. The standard InChI is InChI=1S/C56H98NO8P/c1-3-5-7-9-11-13-15-17-19-21-23-24-25-26-27-28-29-30-31-33-35-37-39-41-43-45-47-49-56(59)65-54(53-64-66(60,61)63-51-50-57)52-62-55(58)48-46-44-42-40-38-36-34-32-22-20-18-16-14-12-10-8-6-4-2/h5,7,11,13-14,16-17,19-20,22-24,26-27,54H,3-4,6,8-10,12,15,18,21,25,28-53,57H2,1-2H3,(H,60,61)/b7-5-,13-11-,16-14-,19-17-,22-20-,24-23-,27-26-. The molecule has 66 heavy (non-hydrogen) atoms. The third kappa shape index (κ3) is 50.6. The first kappa shape index (κ1) is 63.2. The van der Waals surface area contributed by atoms with Gasteiger partial charge in [-0.3, -0.25) is 18.6 Å². The highest BCUT2D eigenvalue weighted by atomic mass is 31.2. The van der Waals surface area contributed by atoms with Crippen molar-refractivity contribution in [1.82, 2.24) is 0 Å². The van der Waals surface area contributed by atoms with Crippen LogP contribution in [0, 0.1) is 0 Å². The Bertz CT molecular complexity index is 1350. The highest BCUT2D eigenvalue weighted by molar-refractivity contribution is 7.47. The molecule has 0 aromatic carbocycles. The van der Waals surface area contributed by atoms with Crippen LogP contribution in [0.25, 0.3) is 0 Å². The van der Waals surface area contributed by atoms with Gasteiger partial charge in [-0.25, -0.2) is 4.57 Å². The summed E-state index contributed by atoms with van der Waals surface area (Å²) < 4.78 is 33.0.